The second-order valence-electron chi connectivity index (χ2n) is 4.07. The molecule has 0 spiro atoms. The summed E-state index contributed by atoms with van der Waals surface area (Å²) in [4.78, 5) is 16.2. The van der Waals surface area contributed by atoms with Crippen molar-refractivity contribution in [2.75, 3.05) is 0 Å². The van der Waals surface area contributed by atoms with Gasteiger partial charge in [-0.15, -0.1) is 0 Å². The first kappa shape index (κ1) is 11.6. The van der Waals surface area contributed by atoms with Gasteiger partial charge in [0.25, 0.3) is 0 Å². The predicted molar refractivity (Wildman–Crippen MR) is 64.0 cm³/mol. The number of Topliss-reactive ketones (excluding diaryl/α,β-unsaturated/α-hetero) is 1. The molecule has 0 fully saturated rings. The maximum absolute atomic E-state index is 12.0. The Morgan fingerprint density at radius 2 is 2.35 bits per heavy atom. The van der Waals surface area contributed by atoms with Crippen molar-refractivity contribution in [1.82, 2.24) is 9.55 Å². The first-order valence-corrected chi connectivity index (χ1v) is 5.79. The van der Waals surface area contributed by atoms with Crippen molar-refractivity contribution >= 4 is 5.78 Å². The van der Waals surface area contributed by atoms with Crippen LogP contribution in [0.1, 0.15) is 35.3 Å². The highest BCUT2D eigenvalue weighted by molar-refractivity contribution is 5.95. The highest BCUT2D eigenvalue weighted by Crippen LogP contribution is 2.12. The molecule has 0 N–H and O–H groups in total. The number of carbonyl (C=O) groups excluding carboxylic acids is 1. The minimum absolute atomic E-state index is 0.0175. The molecule has 2 aromatic heterocycles. The Morgan fingerprint density at radius 1 is 1.53 bits per heavy atom. The molecule has 0 aliphatic heterocycles. The van der Waals surface area contributed by atoms with Crippen LogP contribution in [-0.4, -0.2) is 15.3 Å². The maximum Gasteiger partial charge on any atom is 0.205 e. The molecule has 0 aliphatic carbocycles. The van der Waals surface area contributed by atoms with E-state index in [1.807, 2.05) is 17.7 Å². The number of imidazole rings is 1. The minimum atomic E-state index is -0.0175. The summed E-state index contributed by atoms with van der Waals surface area (Å²) in [5.74, 6) is 1.22. The fourth-order valence-electron chi connectivity index (χ4n) is 1.83. The Kier molecular flexibility index (Phi) is 3.42. The van der Waals surface area contributed by atoms with E-state index in [4.69, 9.17) is 4.42 Å². The predicted octanol–water partition coefficient (Wildman–Crippen LogP) is 2.62. The van der Waals surface area contributed by atoms with Gasteiger partial charge >= 0.3 is 0 Å². The summed E-state index contributed by atoms with van der Waals surface area (Å²) in [5, 5.41) is 0. The van der Waals surface area contributed by atoms with Crippen molar-refractivity contribution < 1.29 is 9.21 Å². The summed E-state index contributed by atoms with van der Waals surface area (Å²) in [6, 6.07) is 1.80. The van der Waals surface area contributed by atoms with Gasteiger partial charge in [0.2, 0.25) is 5.78 Å². The summed E-state index contributed by atoms with van der Waals surface area (Å²) in [5.41, 5.74) is 0.878. The van der Waals surface area contributed by atoms with E-state index in [-0.39, 0.29) is 5.78 Å². The average molecular weight is 232 g/mol. The highest BCUT2D eigenvalue weighted by atomic mass is 16.3. The lowest BCUT2D eigenvalue weighted by Gasteiger charge is -2.04. The third kappa shape index (κ3) is 2.46. The van der Waals surface area contributed by atoms with E-state index in [0.29, 0.717) is 12.2 Å². The van der Waals surface area contributed by atoms with Gasteiger partial charge in [-0.1, -0.05) is 6.92 Å². The summed E-state index contributed by atoms with van der Waals surface area (Å²) < 4.78 is 7.20. The van der Waals surface area contributed by atoms with Gasteiger partial charge in [0, 0.05) is 18.9 Å². The van der Waals surface area contributed by atoms with Crippen LogP contribution in [0.25, 0.3) is 0 Å². The van der Waals surface area contributed by atoms with Crippen LogP contribution in [0.5, 0.6) is 0 Å². The Bertz CT molecular complexity index is 511. The molecule has 0 saturated heterocycles. The number of aromatic nitrogens is 2. The second kappa shape index (κ2) is 4.99. The second-order valence-corrected chi connectivity index (χ2v) is 4.07. The van der Waals surface area contributed by atoms with E-state index in [0.717, 1.165) is 24.4 Å². The van der Waals surface area contributed by atoms with Crippen LogP contribution in [0.3, 0.4) is 0 Å². The monoisotopic (exact) mass is 232 g/mol. The summed E-state index contributed by atoms with van der Waals surface area (Å²) in [6.45, 7) is 4.86. The smallest absolute Gasteiger partial charge is 0.205 e. The lowest BCUT2D eigenvalue weighted by atomic mass is 10.1. The van der Waals surface area contributed by atoms with E-state index in [2.05, 4.69) is 11.9 Å². The lowest BCUT2D eigenvalue weighted by molar-refractivity contribution is 0.0962. The Labute approximate surface area is 100 Å². The summed E-state index contributed by atoms with van der Waals surface area (Å²) in [6.07, 6.45) is 6.49. The van der Waals surface area contributed by atoms with E-state index < -0.39 is 0 Å². The quantitative estimate of drug-likeness (QED) is 0.744. The largest absolute Gasteiger partial charge is 0.461 e. The SMILES string of the molecule is CCCn1ccnc1CC(=O)c1occc1C. The molecule has 2 aromatic rings. The van der Waals surface area contributed by atoms with Crippen LogP contribution in [0.4, 0.5) is 0 Å². The molecule has 0 aliphatic rings. The van der Waals surface area contributed by atoms with Gasteiger partial charge < -0.3 is 8.98 Å². The fraction of sp³-hybridized carbons (Fsp3) is 0.385. The van der Waals surface area contributed by atoms with Crippen molar-refractivity contribution in [3.05, 3.63) is 41.9 Å². The Morgan fingerprint density at radius 3 is 3.00 bits per heavy atom. The van der Waals surface area contributed by atoms with Gasteiger partial charge in [-0.05, 0) is 25.0 Å². The van der Waals surface area contributed by atoms with Crippen LogP contribution in [0.2, 0.25) is 0 Å². The third-order valence-electron chi connectivity index (χ3n) is 2.70. The van der Waals surface area contributed by atoms with Gasteiger partial charge in [-0.25, -0.2) is 4.98 Å². The van der Waals surface area contributed by atoms with E-state index in [1.54, 1.807) is 18.5 Å². The number of ketones is 1. The Balaban J connectivity index is 2.13. The molecule has 4 nitrogen and oxygen atoms in total. The zero-order valence-electron chi connectivity index (χ0n) is 10.1. The first-order chi connectivity index (χ1) is 8.22. The first-order valence-electron chi connectivity index (χ1n) is 5.79. The van der Waals surface area contributed by atoms with Crippen molar-refractivity contribution in [1.29, 1.82) is 0 Å². The molecule has 0 amide bonds. The maximum atomic E-state index is 12.0. The summed E-state index contributed by atoms with van der Waals surface area (Å²) >= 11 is 0. The average Bonchev–Trinajstić information content (AvgIpc) is 2.89. The van der Waals surface area contributed by atoms with Crippen molar-refractivity contribution in [2.24, 2.45) is 0 Å². The molecule has 0 unspecified atom stereocenters. The number of aryl methyl sites for hydroxylation is 2. The lowest BCUT2D eigenvalue weighted by Crippen LogP contribution is -2.10. The van der Waals surface area contributed by atoms with E-state index >= 15 is 0 Å². The molecule has 0 radical (unpaired) electrons. The van der Waals surface area contributed by atoms with Crippen LogP contribution in [-0.2, 0) is 13.0 Å². The molecule has 2 heterocycles. The molecule has 4 heteroatoms. The molecule has 0 saturated carbocycles. The molecule has 17 heavy (non-hydrogen) atoms. The van der Waals surface area contributed by atoms with Crippen LogP contribution >= 0.6 is 0 Å². The molecular formula is C13H16N2O2. The van der Waals surface area contributed by atoms with Gasteiger partial charge in [0.05, 0.1) is 12.7 Å². The Hall–Kier alpha value is -1.84. The summed E-state index contributed by atoms with van der Waals surface area (Å²) in [7, 11) is 0. The van der Waals surface area contributed by atoms with Crippen LogP contribution in [0, 0.1) is 6.92 Å². The molecule has 2 rings (SSSR count). The molecule has 0 bridgehead atoms. The van der Waals surface area contributed by atoms with Gasteiger partial charge in [-0.3, -0.25) is 4.79 Å². The van der Waals surface area contributed by atoms with E-state index in [9.17, 15) is 4.79 Å². The molecular weight excluding hydrogens is 216 g/mol. The van der Waals surface area contributed by atoms with Crippen molar-refractivity contribution in [3.8, 4) is 0 Å². The number of carbonyl (C=O) groups is 1. The standard InChI is InChI=1S/C13H16N2O2/c1-3-6-15-7-5-14-12(15)9-11(16)13-10(2)4-8-17-13/h4-5,7-8H,3,6,9H2,1-2H3. The number of hydrogen-bond donors (Lipinski definition) is 0. The number of nitrogens with zero attached hydrogens (tertiary/aromatic N) is 2. The molecule has 90 valence electrons. The van der Waals surface area contributed by atoms with Gasteiger partial charge in [0.15, 0.2) is 5.76 Å². The minimum Gasteiger partial charge on any atom is -0.461 e. The number of rotatable bonds is 5. The van der Waals surface area contributed by atoms with Gasteiger partial charge in [-0.2, -0.15) is 0 Å². The van der Waals surface area contributed by atoms with Crippen LogP contribution in [0.15, 0.2) is 29.1 Å². The van der Waals surface area contributed by atoms with Crippen LogP contribution < -0.4 is 0 Å². The van der Waals surface area contributed by atoms with Gasteiger partial charge in [0.1, 0.15) is 5.82 Å². The normalized spacial score (nSPS) is 10.7. The molecule has 0 atom stereocenters. The zero-order valence-corrected chi connectivity index (χ0v) is 10.1. The number of hydrogen-bond acceptors (Lipinski definition) is 3. The zero-order chi connectivity index (χ0) is 12.3. The van der Waals surface area contributed by atoms with Crippen molar-refractivity contribution in [3.63, 3.8) is 0 Å². The molecule has 0 aromatic carbocycles. The topological polar surface area (TPSA) is 48.0 Å². The third-order valence-corrected chi connectivity index (χ3v) is 2.70. The van der Waals surface area contributed by atoms with Crippen molar-refractivity contribution in [2.45, 2.75) is 33.2 Å². The highest BCUT2D eigenvalue weighted by Gasteiger charge is 2.15. The van der Waals surface area contributed by atoms with E-state index in [1.165, 1.54) is 0 Å². The number of furan rings is 1. The fourth-order valence-corrected chi connectivity index (χ4v) is 1.83.